The molecule has 1 aliphatic carbocycles. The van der Waals surface area contributed by atoms with Gasteiger partial charge in [-0.3, -0.25) is 4.79 Å². The lowest BCUT2D eigenvalue weighted by atomic mass is 9.65. The molecular formula is C36H49ClN2O7S. The molecule has 2 fully saturated rings. The summed E-state index contributed by atoms with van der Waals surface area (Å²) < 4.78 is 53.7. The predicted octanol–water partition coefficient (Wildman–Crippen LogP) is 6.36. The van der Waals surface area contributed by atoms with Gasteiger partial charge in [-0.25, -0.2) is 13.1 Å². The molecule has 2 aromatic rings. The number of hydrogen-bond acceptors (Lipinski definition) is 8. The fourth-order valence-electron chi connectivity index (χ4n) is 7.68. The Kier molecular flexibility index (Phi) is 11.0. The van der Waals surface area contributed by atoms with Crippen LogP contribution in [0.2, 0.25) is 5.02 Å². The predicted molar refractivity (Wildman–Crippen MR) is 182 cm³/mol. The van der Waals surface area contributed by atoms with E-state index in [2.05, 4.69) is 9.62 Å². The molecule has 3 aliphatic heterocycles. The molecule has 47 heavy (non-hydrogen) atoms. The molecule has 1 saturated carbocycles. The number of carbonyl (C=O) groups excluding carboxylic acids is 1. The minimum Gasteiger partial charge on any atom is -0.487 e. The highest BCUT2D eigenvalue weighted by Gasteiger charge is 2.43. The van der Waals surface area contributed by atoms with Gasteiger partial charge in [0.25, 0.3) is 5.91 Å². The summed E-state index contributed by atoms with van der Waals surface area (Å²) in [6, 6.07) is 11.2. The van der Waals surface area contributed by atoms with Crippen LogP contribution in [0.25, 0.3) is 0 Å². The van der Waals surface area contributed by atoms with Crippen LogP contribution in [-0.4, -0.2) is 65.4 Å². The number of methoxy groups -OCH3 is 1. The molecule has 9 nitrogen and oxygen atoms in total. The molecule has 2 aromatic carbocycles. The normalized spacial score (nSPS) is 32.0. The van der Waals surface area contributed by atoms with E-state index in [4.69, 9.17) is 30.5 Å². The molecular weight excluding hydrogens is 640 g/mol. The van der Waals surface area contributed by atoms with Crippen molar-refractivity contribution in [1.82, 2.24) is 4.72 Å². The number of amides is 1. The Hall–Kier alpha value is -2.37. The van der Waals surface area contributed by atoms with Crippen molar-refractivity contribution in [2.45, 2.75) is 89.5 Å². The van der Waals surface area contributed by atoms with Gasteiger partial charge in [0.05, 0.1) is 24.2 Å². The van der Waals surface area contributed by atoms with Crippen LogP contribution in [0.4, 0.5) is 5.69 Å². The highest BCUT2D eigenvalue weighted by molar-refractivity contribution is 7.90. The zero-order valence-corrected chi connectivity index (χ0v) is 29.4. The maximum atomic E-state index is 13.5. The molecule has 1 N–H and O–H groups in total. The first-order valence-electron chi connectivity index (χ1n) is 17.2. The Labute approximate surface area is 284 Å². The van der Waals surface area contributed by atoms with Crippen LogP contribution < -0.4 is 14.4 Å². The van der Waals surface area contributed by atoms with E-state index in [0.29, 0.717) is 48.0 Å². The summed E-state index contributed by atoms with van der Waals surface area (Å²) in [6.07, 6.45) is 7.13. The molecule has 6 rings (SSSR count). The van der Waals surface area contributed by atoms with E-state index in [9.17, 15) is 13.2 Å². The number of carbonyl (C=O) groups is 1. The highest BCUT2D eigenvalue weighted by Crippen LogP contribution is 2.46. The first-order valence-corrected chi connectivity index (χ1v) is 19.2. The van der Waals surface area contributed by atoms with Gasteiger partial charge in [-0.15, -0.1) is 0 Å². The number of ether oxygens (including phenoxy) is 4. The van der Waals surface area contributed by atoms with Crippen LogP contribution in [0.1, 0.15) is 80.3 Å². The number of nitrogens with one attached hydrogen (secondary N) is 1. The number of sulfonamides is 1. The molecule has 5 atom stereocenters. The summed E-state index contributed by atoms with van der Waals surface area (Å²) in [5, 5.41) is -0.0131. The number of anilines is 1. The maximum absolute atomic E-state index is 13.5. The lowest BCUT2D eigenvalue weighted by Crippen LogP contribution is -2.49. The van der Waals surface area contributed by atoms with Crippen molar-refractivity contribution >= 4 is 33.2 Å². The van der Waals surface area contributed by atoms with Crippen LogP contribution in [0.5, 0.6) is 5.75 Å². The van der Waals surface area contributed by atoms with Crippen molar-refractivity contribution in [2.75, 3.05) is 38.3 Å². The molecule has 0 spiro atoms. The molecule has 1 saturated heterocycles. The molecule has 11 heteroatoms. The summed E-state index contributed by atoms with van der Waals surface area (Å²) in [5.41, 5.74) is 3.39. The quantitative estimate of drug-likeness (QED) is 0.389. The number of hydrogen-bond donors (Lipinski definition) is 1. The fourth-order valence-corrected chi connectivity index (χ4v) is 9.19. The van der Waals surface area contributed by atoms with Gasteiger partial charge in [0, 0.05) is 36.7 Å². The summed E-state index contributed by atoms with van der Waals surface area (Å²) in [7, 11) is -2.22. The van der Waals surface area contributed by atoms with E-state index in [1.54, 1.807) is 20.1 Å². The third kappa shape index (κ3) is 7.93. The van der Waals surface area contributed by atoms with Crippen molar-refractivity contribution in [1.29, 1.82) is 0 Å². The lowest BCUT2D eigenvalue weighted by molar-refractivity contribution is -0.255. The second-order valence-corrected chi connectivity index (χ2v) is 16.4. The number of rotatable bonds is 2. The molecule has 0 aromatic heterocycles. The van der Waals surface area contributed by atoms with Crippen LogP contribution >= 0.6 is 11.6 Å². The van der Waals surface area contributed by atoms with Gasteiger partial charge in [0.1, 0.15) is 18.5 Å². The number of halogens is 1. The molecule has 258 valence electrons. The SMILES string of the molecule is CO[C@H]1CO[C@@H]([C@@H]2CCC[C@H](C)[C@@H](C)S(=O)(=O)NC(=O)c3ccc4c(c3)N(CCCCc3cc(Cl)ccc3CO4)C[C@@H]3CC[C@H]32)OC1. The van der Waals surface area contributed by atoms with Gasteiger partial charge in [0.2, 0.25) is 10.0 Å². The topological polar surface area (TPSA) is 103 Å². The van der Waals surface area contributed by atoms with Gasteiger partial charge in [-0.1, -0.05) is 31.0 Å². The van der Waals surface area contributed by atoms with Crippen molar-refractivity contribution in [3.8, 4) is 5.75 Å². The second-order valence-electron chi connectivity index (χ2n) is 13.9. The van der Waals surface area contributed by atoms with Gasteiger partial charge >= 0.3 is 0 Å². The Balaban J connectivity index is 1.35. The van der Waals surface area contributed by atoms with Gasteiger partial charge in [0.15, 0.2) is 6.29 Å². The molecule has 2 bridgehead atoms. The molecule has 1 amide bonds. The van der Waals surface area contributed by atoms with E-state index >= 15 is 0 Å². The van der Waals surface area contributed by atoms with Crippen LogP contribution in [0.15, 0.2) is 36.4 Å². The maximum Gasteiger partial charge on any atom is 0.264 e. The van der Waals surface area contributed by atoms with E-state index in [-0.39, 0.29) is 24.2 Å². The fraction of sp³-hybridized carbons (Fsp3) is 0.639. The van der Waals surface area contributed by atoms with E-state index in [1.165, 1.54) is 5.56 Å². The first kappa shape index (κ1) is 34.5. The lowest BCUT2D eigenvalue weighted by Gasteiger charge is -2.48. The van der Waals surface area contributed by atoms with Gasteiger partial charge < -0.3 is 23.8 Å². The monoisotopic (exact) mass is 688 g/mol. The Morgan fingerprint density at radius 1 is 0.936 bits per heavy atom. The minimum atomic E-state index is -3.91. The number of aryl methyl sites for hydroxylation is 1. The Morgan fingerprint density at radius 3 is 2.49 bits per heavy atom. The van der Waals surface area contributed by atoms with Crippen LogP contribution in [0, 0.1) is 23.7 Å². The summed E-state index contributed by atoms with van der Waals surface area (Å²) in [4.78, 5) is 15.8. The number of benzene rings is 2. The first-order chi connectivity index (χ1) is 22.6. The van der Waals surface area contributed by atoms with Crippen LogP contribution in [-0.2, 0) is 37.3 Å². The van der Waals surface area contributed by atoms with E-state index in [1.807, 2.05) is 37.3 Å². The summed E-state index contributed by atoms with van der Waals surface area (Å²) >= 11 is 6.36. The second kappa shape index (κ2) is 15.0. The van der Waals surface area contributed by atoms with Gasteiger partial charge in [-0.05, 0) is 111 Å². The average molecular weight is 689 g/mol. The smallest absolute Gasteiger partial charge is 0.264 e. The highest BCUT2D eigenvalue weighted by atomic mass is 35.5. The van der Waals surface area contributed by atoms with Crippen LogP contribution in [0.3, 0.4) is 0 Å². The van der Waals surface area contributed by atoms with E-state index in [0.717, 1.165) is 75.7 Å². The Morgan fingerprint density at radius 2 is 1.74 bits per heavy atom. The Bertz CT molecular complexity index is 1510. The third-order valence-electron chi connectivity index (χ3n) is 11.0. The van der Waals surface area contributed by atoms with E-state index < -0.39 is 21.2 Å². The minimum absolute atomic E-state index is 0.0677. The molecule has 4 aliphatic rings. The van der Waals surface area contributed by atoms with Crippen molar-refractivity contribution < 1.29 is 32.2 Å². The molecule has 0 radical (unpaired) electrons. The number of nitrogens with zero attached hydrogens (tertiary/aromatic N) is 1. The van der Waals surface area contributed by atoms with Crippen molar-refractivity contribution in [2.24, 2.45) is 23.7 Å². The standard InChI is InChI=1S/C36H49ClN2O7S/c1-23-7-6-9-32(36-45-21-30(43-3)22-46-36)31-14-11-27(31)19-39-16-5-4-8-25-17-29(37)13-10-28(25)20-44-34-15-12-26(18-33(34)39)35(40)38-47(41,42)24(23)2/h10,12-13,15,17-18,23-24,27,30-32,36H,4-9,11,14,16,19-22H2,1-3H3,(H,38,40)/t23-,24+,27-,30-,31+,32+,36+/m0/s1. The van der Waals surface area contributed by atoms with Gasteiger partial charge in [-0.2, -0.15) is 0 Å². The summed E-state index contributed by atoms with van der Waals surface area (Å²) in [6.45, 7) is 6.62. The number of fused-ring (bicyclic) bond motifs is 3. The largest absolute Gasteiger partial charge is 0.487 e. The zero-order chi connectivity index (χ0) is 33.1. The zero-order valence-electron chi connectivity index (χ0n) is 27.8. The molecule has 3 heterocycles. The molecule has 0 unspecified atom stereocenters. The average Bonchev–Trinajstić information content (AvgIpc) is 3.08. The van der Waals surface area contributed by atoms with Crippen molar-refractivity contribution in [3.63, 3.8) is 0 Å². The van der Waals surface area contributed by atoms with Crippen molar-refractivity contribution in [3.05, 3.63) is 58.1 Å². The third-order valence-corrected chi connectivity index (χ3v) is 13.2. The summed E-state index contributed by atoms with van der Waals surface area (Å²) in [5.74, 6) is 0.949.